The number of aromatic nitrogens is 1. The highest BCUT2D eigenvalue weighted by atomic mass is 19.1. The van der Waals surface area contributed by atoms with Crippen LogP contribution in [0.3, 0.4) is 0 Å². The molecule has 1 fully saturated rings. The van der Waals surface area contributed by atoms with Gasteiger partial charge in [0.25, 0.3) is 0 Å². The van der Waals surface area contributed by atoms with E-state index in [1.165, 1.54) is 17.9 Å². The van der Waals surface area contributed by atoms with E-state index in [4.69, 9.17) is 15.2 Å². The van der Waals surface area contributed by atoms with Crippen molar-refractivity contribution in [3.05, 3.63) is 33.9 Å². The molecule has 3 rings (SSSR count). The number of ether oxygens (including phenoxy) is 2. The highest BCUT2D eigenvalue weighted by molar-refractivity contribution is 6.00. The second-order valence-electron chi connectivity index (χ2n) is 5.52. The Balaban J connectivity index is 2.42. The summed E-state index contributed by atoms with van der Waals surface area (Å²) in [6.07, 6.45) is 0.230. The van der Waals surface area contributed by atoms with Gasteiger partial charge in [0.2, 0.25) is 5.43 Å². The Morgan fingerprint density at radius 3 is 2.71 bits per heavy atom. The fraction of sp³-hybridized carbons (Fsp3) is 0.375. The molecule has 6 nitrogen and oxygen atoms in total. The van der Waals surface area contributed by atoms with E-state index >= 15 is 0 Å². The summed E-state index contributed by atoms with van der Waals surface area (Å²) in [5.41, 5.74) is 4.71. The predicted octanol–water partition coefficient (Wildman–Crippen LogP) is 2.19. The molecule has 0 radical (unpaired) electrons. The molecule has 1 saturated carbocycles. The van der Waals surface area contributed by atoms with E-state index in [1.807, 2.05) is 0 Å². The molecule has 0 unspecified atom stereocenters. The van der Waals surface area contributed by atoms with Crippen molar-refractivity contribution in [3.8, 4) is 5.75 Å². The van der Waals surface area contributed by atoms with Crippen LogP contribution in [0, 0.1) is 5.82 Å². The number of hydrogen-bond donors (Lipinski definition) is 1. The van der Waals surface area contributed by atoms with E-state index in [1.54, 1.807) is 6.92 Å². The minimum Gasteiger partial charge on any atom is -0.492 e. The van der Waals surface area contributed by atoms with Crippen molar-refractivity contribution < 1.29 is 23.0 Å². The molecule has 1 aromatic carbocycles. The summed E-state index contributed by atoms with van der Waals surface area (Å²) in [5, 5.41) is -0.0853. The van der Waals surface area contributed by atoms with Crippen LogP contribution in [0.1, 0.15) is 29.7 Å². The number of halogens is 2. The zero-order valence-electron chi connectivity index (χ0n) is 13.1. The van der Waals surface area contributed by atoms with E-state index in [-0.39, 0.29) is 40.9 Å². The number of hydrogen-bond acceptors (Lipinski definition) is 5. The third kappa shape index (κ3) is 2.38. The van der Waals surface area contributed by atoms with Crippen LogP contribution in [0.15, 0.2) is 17.1 Å². The van der Waals surface area contributed by atoms with Gasteiger partial charge >= 0.3 is 5.97 Å². The van der Waals surface area contributed by atoms with Crippen LogP contribution in [0.2, 0.25) is 0 Å². The number of esters is 1. The smallest absolute Gasteiger partial charge is 0.343 e. The SMILES string of the molecule is CCOC(=O)c1cn([C@@H]2C[C@H]2F)c2c(OC)c(F)cc(N)c2c1=O. The minimum absolute atomic E-state index is 0.0400. The quantitative estimate of drug-likeness (QED) is 0.682. The zero-order valence-corrected chi connectivity index (χ0v) is 13.1. The van der Waals surface area contributed by atoms with Crippen molar-refractivity contribution in [2.24, 2.45) is 0 Å². The van der Waals surface area contributed by atoms with Crippen molar-refractivity contribution in [2.75, 3.05) is 19.5 Å². The first kappa shape index (κ1) is 16.2. The number of benzene rings is 1. The van der Waals surface area contributed by atoms with Crippen LogP contribution < -0.4 is 15.9 Å². The lowest BCUT2D eigenvalue weighted by Gasteiger charge is -2.16. The lowest BCUT2D eigenvalue weighted by Crippen LogP contribution is -2.22. The molecule has 2 N–H and O–H groups in total. The number of pyridine rings is 1. The second kappa shape index (κ2) is 5.77. The summed E-state index contributed by atoms with van der Waals surface area (Å²) < 4.78 is 39.0. The molecule has 2 atom stereocenters. The summed E-state index contributed by atoms with van der Waals surface area (Å²) in [5.74, 6) is -1.82. The molecule has 24 heavy (non-hydrogen) atoms. The summed E-state index contributed by atoms with van der Waals surface area (Å²) in [7, 11) is 1.24. The number of alkyl halides is 1. The summed E-state index contributed by atoms with van der Waals surface area (Å²) in [6.45, 7) is 1.68. The number of nitrogen functional groups attached to an aromatic ring is 1. The summed E-state index contributed by atoms with van der Waals surface area (Å²) >= 11 is 0. The molecule has 8 heteroatoms. The highest BCUT2D eigenvalue weighted by Gasteiger charge is 2.41. The predicted molar refractivity (Wildman–Crippen MR) is 83.6 cm³/mol. The number of carbonyl (C=O) groups excluding carboxylic acids is 1. The number of anilines is 1. The van der Waals surface area contributed by atoms with Crippen molar-refractivity contribution in [1.29, 1.82) is 0 Å². The third-order valence-corrected chi connectivity index (χ3v) is 3.98. The van der Waals surface area contributed by atoms with E-state index in [9.17, 15) is 18.4 Å². The average Bonchev–Trinajstić information content (AvgIpc) is 3.24. The molecule has 1 aromatic heterocycles. The van der Waals surface area contributed by atoms with Gasteiger partial charge < -0.3 is 19.8 Å². The van der Waals surface area contributed by atoms with Crippen molar-refractivity contribution in [2.45, 2.75) is 25.6 Å². The van der Waals surface area contributed by atoms with Crippen molar-refractivity contribution in [1.82, 2.24) is 4.57 Å². The molecule has 0 amide bonds. The number of rotatable bonds is 4. The Bertz CT molecular complexity index is 894. The molecule has 128 valence electrons. The fourth-order valence-electron chi connectivity index (χ4n) is 2.77. The molecule has 1 aliphatic carbocycles. The molecule has 1 aliphatic rings. The Morgan fingerprint density at radius 2 is 2.17 bits per heavy atom. The van der Waals surface area contributed by atoms with E-state index in [2.05, 4.69) is 0 Å². The van der Waals surface area contributed by atoms with Gasteiger partial charge in [-0.2, -0.15) is 0 Å². The van der Waals surface area contributed by atoms with E-state index in [0.29, 0.717) is 0 Å². The Labute approximate surface area is 135 Å². The van der Waals surface area contributed by atoms with Crippen LogP contribution in [-0.4, -0.2) is 30.4 Å². The number of nitrogens with two attached hydrogens (primary N) is 1. The van der Waals surface area contributed by atoms with Gasteiger partial charge in [-0.3, -0.25) is 4.79 Å². The molecule has 1 heterocycles. The van der Waals surface area contributed by atoms with Gasteiger partial charge in [0.05, 0.1) is 25.1 Å². The van der Waals surface area contributed by atoms with Gasteiger partial charge in [0.15, 0.2) is 11.6 Å². The van der Waals surface area contributed by atoms with Gasteiger partial charge in [-0.1, -0.05) is 0 Å². The maximum absolute atomic E-state index is 14.1. The maximum atomic E-state index is 14.1. The summed E-state index contributed by atoms with van der Waals surface area (Å²) in [6, 6.07) is 0.332. The molecular weight excluding hydrogens is 322 g/mol. The van der Waals surface area contributed by atoms with Crippen LogP contribution in [0.5, 0.6) is 5.75 Å². The Kier molecular flexibility index (Phi) is 3.90. The van der Waals surface area contributed by atoms with Crippen molar-refractivity contribution in [3.63, 3.8) is 0 Å². The average molecular weight is 338 g/mol. The number of fused-ring (bicyclic) bond motifs is 1. The minimum atomic E-state index is -1.15. The Morgan fingerprint density at radius 1 is 1.50 bits per heavy atom. The van der Waals surface area contributed by atoms with Gasteiger partial charge in [0.1, 0.15) is 17.3 Å². The second-order valence-corrected chi connectivity index (χ2v) is 5.52. The normalized spacial score (nSPS) is 19.3. The maximum Gasteiger partial charge on any atom is 0.343 e. The van der Waals surface area contributed by atoms with Crippen LogP contribution in [0.25, 0.3) is 10.9 Å². The summed E-state index contributed by atoms with van der Waals surface area (Å²) in [4.78, 5) is 24.7. The lowest BCUT2D eigenvalue weighted by atomic mass is 10.1. The molecule has 0 aliphatic heterocycles. The largest absolute Gasteiger partial charge is 0.492 e. The standard InChI is InChI=1S/C16H16F2N2O4/c1-3-24-16(22)7-6-20(11-5-8(11)17)13-12(14(7)21)10(19)4-9(18)15(13)23-2/h4,6,8,11H,3,5,19H2,1-2H3/t8-,11-/m1/s1. The van der Waals surface area contributed by atoms with Gasteiger partial charge in [-0.05, 0) is 6.92 Å². The number of carbonyl (C=O) groups is 1. The number of nitrogens with zero attached hydrogens (tertiary/aromatic N) is 1. The lowest BCUT2D eigenvalue weighted by molar-refractivity contribution is 0.0524. The highest BCUT2D eigenvalue weighted by Crippen LogP contribution is 2.43. The van der Waals surface area contributed by atoms with E-state index < -0.39 is 29.4 Å². The first-order chi connectivity index (χ1) is 11.4. The Hall–Kier alpha value is -2.64. The van der Waals surface area contributed by atoms with E-state index in [0.717, 1.165) is 6.07 Å². The van der Waals surface area contributed by atoms with Gasteiger partial charge in [0, 0.05) is 24.4 Å². The van der Waals surface area contributed by atoms with Gasteiger partial charge in [-0.15, -0.1) is 0 Å². The topological polar surface area (TPSA) is 83.6 Å². The third-order valence-electron chi connectivity index (χ3n) is 3.98. The fourth-order valence-corrected chi connectivity index (χ4v) is 2.77. The van der Waals surface area contributed by atoms with Crippen LogP contribution in [0.4, 0.5) is 14.5 Å². The first-order valence-electron chi connectivity index (χ1n) is 7.42. The molecule has 0 bridgehead atoms. The van der Waals surface area contributed by atoms with Crippen LogP contribution in [-0.2, 0) is 4.74 Å². The molecule has 2 aromatic rings. The number of methoxy groups -OCH3 is 1. The molecular formula is C16H16F2N2O4. The van der Waals surface area contributed by atoms with Crippen molar-refractivity contribution >= 4 is 22.6 Å². The zero-order chi connectivity index (χ0) is 17.6. The van der Waals surface area contributed by atoms with Gasteiger partial charge in [-0.25, -0.2) is 13.6 Å². The molecule has 0 spiro atoms. The molecule has 0 saturated heterocycles. The first-order valence-corrected chi connectivity index (χ1v) is 7.42. The van der Waals surface area contributed by atoms with Crippen LogP contribution >= 0.6 is 0 Å². The monoisotopic (exact) mass is 338 g/mol.